The van der Waals surface area contributed by atoms with Crippen molar-refractivity contribution in [2.24, 2.45) is 0 Å². The molecule has 0 saturated heterocycles. The number of hydrogen-bond donors (Lipinski definition) is 1. The van der Waals surface area contributed by atoms with Crippen LogP contribution in [0.1, 0.15) is 19.7 Å². The van der Waals surface area contributed by atoms with E-state index in [0.29, 0.717) is 30.7 Å². The van der Waals surface area contributed by atoms with E-state index >= 15 is 0 Å². The third kappa shape index (κ3) is 2.83. The maximum atomic E-state index is 12.1. The van der Waals surface area contributed by atoms with E-state index in [9.17, 15) is 8.42 Å². The van der Waals surface area contributed by atoms with Crippen LogP contribution in [0.4, 0.5) is 0 Å². The van der Waals surface area contributed by atoms with E-state index in [0.717, 1.165) is 0 Å². The first kappa shape index (κ1) is 13.7. The number of imidazole rings is 1. The first-order chi connectivity index (χ1) is 7.56. The van der Waals surface area contributed by atoms with Gasteiger partial charge in [0, 0.05) is 24.8 Å². The van der Waals surface area contributed by atoms with Gasteiger partial charge in [0.15, 0.2) is 5.03 Å². The highest BCUT2D eigenvalue weighted by atomic mass is 79.9. The molecule has 1 rings (SSSR count). The Morgan fingerprint density at radius 1 is 1.50 bits per heavy atom. The quantitative estimate of drug-likeness (QED) is 0.807. The number of rotatable bonds is 6. The monoisotopic (exact) mass is 309 g/mol. The lowest BCUT2D eigenvalue weighted by atomic mass is 10.5. The lowest BCUT2D eigenvalue weighted by Gasteiger charge is -2.17. The number of hydrogen-bond acceptors (Lipinski definition) is 3. The summed E-state index contributed by atoms with van der Waals surface area (Å²) in [4.78, 5) is 6.82. The molecule has 0 atom stereocenters. The van der Waals surface area contributed by atoms with Crippen molar-refractivity contribution < 1.29 is 8.42 Å². The van der Waals surface area contributed by atoms with Gasteiger partial charge in [0.25, 0.3) is 10.0 Å². The van der Waals surface area contributed by atoms with Crippen LogP contribution in [0.5, 0.6) is 0 Å². The Kier molecular flexibility index (Phi) is 4.94. The maximum Gasteiger partial charge on any atom is 0.260 e. The first-order valence-electron chi connectivity index (χ1n) is 5.16. The Balaban J connectivity index is 2.99. The van der Waals surface area contributed by atoms with Crippen molar-refractivity contribution in [2.75, 3.05) is 18.4 Å². The Hall–Kier alpha value is -0.400. The normalized spacial score (nSPS) is 12.2. The van der Waals surface area contributed by atoms with Gasteiger partial charge in [-0.3, -0.25) is 0 Å². The number of halogens is 1. The van der Waals surface area contributed by atoms with Crippen LogP contribution >= 0.6 is 15.9 Å². The Morgan fingerprint density at radius 3 is 2.62 bits per heavy atom. The number of alkyl halides is 1. The van der Waals surface area contributed by atoms with E-state index in [-0.39, 0.29) is 5.03 Å². The molecule has 0 unspecified atom stereocenters. The van der Waals surface area contributed by atoms with Gasteiger partial charge in [-0.05, 0) is 0 Å². The molecule has 0 bridgehead atoms. The molecule has 0 radical (unpaired) electrons. The third-order valence-corrected chi connectivity index (χ3v) is 4.48. The van der Waals surface area contributed by atoms with E-state index < -0.39 is 10.0 Å². The second-order valence-electron chi connectivity index (χ2n) is 3.23. The minimum atomic E-state index is -3.42. The van der Waals surface area contributed by atoms with Crippen LogP contribution in [0.25, 0.3) is 0 Å². The van der Waals surface area contributed by atoms with Gasteiger partial charge >= 0.3 is 0 Å². The topological polar surface area (TPSA) is 66.1 Å². The molecule has 0 aromatic carbocycles. The molecule has 0 amide bonds. The zero-order valence-corrected chi connectivity index (χ0v) is 11.8. The minimum Gasteiger partial charge on any atom is -0.332 e. The Morgan fingerprint density at radius 2 is 2.19 bits per heavy atom. The maximum absolute atomic E-state index is 12.1. The van der Waals surface area contributed by atoms with Crippen LogP contribution in [0.15, 0.2) is 11.2 Å². The van der Waals surface area contributed by atoms with Gasteiger partial charge < -0.3 is 4.98 Å². The number of sulfonamides is 1. The van der Waals surface area contributed by atoms with E-state index in [1.165, 1.54) is 10.5 Å². The number of aromatic nitrogens is 2. The van der Waals surface area contributed by atoms with Crippen molar-refractivity contribution in [1.82, 2.24) is 14.3 Å². The fourth-order valence-corrected chi connectivity index (χ4v) is 3.38. The van der Waals surface area contributed by atoms with Crippen molar-refractivity contribution >= 4 is 26.0 Å². The van der Waals surface area contributed by atoms with Crippen LogP contribution in [-0.2, 0) is 16.4 Å². The van der Waals surface area contributed by atoms with Gasteiger partial charge in [-0.25, -0.2) is 13.4 Å². The standard InChI is InChI=1S/C9H16BrN3O2S/c1-3-8-11-7-9(12-8)16(14,15)13(4-2)6-5-10/h7H,3-6H2,1-2H3,(H,11,12). The highest BCUT2D eigenvalue weighted by Gasteiger charge is 2.24. The van der Waals surface area contributed by atoms with Crippen molar-refractivity contribution in [2.45, 2.75) is 25.3 Å². The molecule has 16 heavy (non-hydrogen) atoms. The molecule has 0 saturated carbocycles. The largest absolute Gasteiger partial charge is 0.332 e. The molecule has 7 heteroatoms. The van der Waals surface area contributed by atoms with E-state index in [1.54, 1.807) is 0 Å². The van der Waals surface area contributed by atoms with Gasteiger partial charge in [0.05, 0.1) is 6.20 Å². The predicted octanol–water partition coefficient (Wildman–Crippen LogP) is 1.38. The summed E-state index contributed by atoms with van der Waals surface area (Å²) in [6.45, 7) is 4.65. The van der Waals surface area contributed by atoms with Gasteiger partial charge in [-0.2, -0.15) is 4.31 Å². The molecule has 0 aliphatic carbocycles. The third-order valence-electron chi connectivity index (χ3n) is 2.24. The van der Waals surface area contributed by atoms with Crippen LogP contribution < -0.4 is 0 Å². The second kappa shape index (κ2) is 5.79. The molecule has 0 aliphatic heterocycles. The summed E-state index contributed by atoms with van der Waals surface area (Å²) in [5, 5.41) is 0.793. The average Bonchev–Trinajstić information content (AvgIpc) is 2.74. The molecule has 0 fully saturated rings. The fraction of sp³-hybridized carbons (Fsp3) is 0.667. The molecule has 0 aliphatic rings. The Bertz CT molecular complexity index is 430. The van der Waals surface area contributed by atoms with Crippen LogP contribution in [-0.4, -0.2) is 41.1 Å². The molecule has 1 aromatic heterocycles. The lowest BCUT2D eigenvalue weighted by molar-refractivity contribution is 0.446. The van der Waals surface area contributed by atoms with Crippen molar-refractivity contribution in [3.63, 3.8) is 0 Å². The van der Waals surface area contributed by atoms with Gasteiger partial charge in [0.1, 0.15) is 5.82 Å². The van der Waals surface area contributed by atoms with Crippen molar-refractivity contribution in [1.29, 1.82) is 0 Å². The summed E-state index contributed by atoms with van der Waals surface area (Å²) in [6, 6.07) is 0. The molecular weight excluding hydrogens is 294 g/mol. The lowest BCUT2D eigenvalue weighted by Crippen LogP contribution is -2.32. The smallest absolute Gasteiger partial charge is 0.260 e. The summed E-state index contributed by atoms with van der Waals surface area (Å²) < 4.78 is 25.6. The first-order valence-corrected chi connectivity index (χ1v) is 7.72. The van der Waals surface area contributed by atoms with Gasteiger partial charge in [-0.15, -0.1) is 0 Å². The summed E-state index contributed by atoms with van der Waals surface area (Å²) in [5.74, 6) is 0.688. The van der Waals surface area contributed by atoms with Crippen molar-refractivity contribution in [3.8, 4) is 0 Å². The predicted molar refractivity (Wildman–Crippen MR) is 66.2 cm³/mol. The highest BCUT2D eigenvalue weighted by Crippen LogP contribution is 2.13. The summed E-state index contributed by atoms with van der Waals surface area (Å²) in [5.41, 5.74) is 0. The summed E-state index contributed by atoms with van der Waals surface area (Å²) in [6.07, 6.45) is 2.07. The molecule has 5 nitrogen and oxygen atoms in total. The van der Waals surface area contributed by atoms with Crippen LogP contribution in [0, 0.1) is 0 Å². The molecule has 1 aromatic rings. The molecule has 1 heterocycles. The van der Waals surface area contributed by atoms with E-state index in [1.807, 2.05) is 13.8 Å². The molecule has 1 N–H and O–H groups in total. The number of aromatic amines is 1. The van der Waals surface area contributed by atoms with Crippen LogP contribution in [0.3, 0.4) is 0 Å². The number of nitrogens with zero attached hydrogens (tertiary/aromatic N) is 2. The zero-order chi connectivity index (χ0) is 12.2. The van der Waals surface area contributed by atoms with Crippen LogP contribution in [0.2, 0.25) is 0 Å². The molecule has 0 spiro atoms. The van der Waals surface area contributed by atoms with E-state index in [2.05, 4.69) is 25.9 Å². The zero-order valence-electron chi connectivity index (χ0n) is 9.40. The number of nitrogens with one attached hydrogen (secondary N) is 1. The molecule has 92 valence electrons. The summed E-state index contributed by atoms with van der Waals surface area (Å²) in [7, 11) is -3.42. The fourth-order valence-electron chi connectivity index (χ4n) is 1.34. The number of aryl methyl sites for hydroxylation is 1. The second-order valence-corrected chi connectivity index (χ2v) is 5.93. The molecular formula is C9H16BrN3O2S. The van der Waals surface area contributed by atoms with Crippen molar-refractivity contribution in [3.05, 3.63) is 12.0 Å². The Labute approximate surface area is 104 Å². The van der Waals surface area contributed by atoms with Gasteiger partial charge in [-0.1, -0.05) is 29.8 Å². The van der Waals surface area contributed by atoms with Gasteiger partial charge in [0.2, 0.25) is 0 Å². The highest BCUT2D eigenvalue weighted by molar-refractivity contribution is 9.09. The SMILES string of the molecule is CCc1ncc(S(=O)(=O)N(CC)CCBr)[nH]1. The number of H-pyrrole nitrogens is 1. The summed E-state index contributed by atoms with van der Waals surface area (Å²) >= 11 is 3.24. The average molecular weight is 310 g/mol. The minimum absolute atomic E-state index is 0.173. The van der Waals surface area contributed by atoms with E-state index in [4.69, 9.17) is 0 Å².